The van der Waals surface area contributed by atoms with Crippen molar-refractivity contribution >= 4 is 46.0 Å². The largest absolute Gasteiger partial charge is 0.454 e. The maximum atomic E-state index is 5.60. The van der Waals surface area contributed by atoms with Gasteiger partial charge in [0.2, 0.25) is 12.7 Å². The molecule has 1 aromatic heterocycles. The van der Waals surface area contributed by atoms with Gasteiger partial charge in [-0.2, -0.15) is 9.82 Å². The van der Waals surface area contributed by atoms with Crippen LogP contribution in [0.1, 0.15) is 31.9 Å². The molecule has 0 saturated heterocycles. The van der Waals surface area contributed by atoms with Crippen molar-refractivity contribution in [3.63, 3.8) is 0 Å². The fourth-order valence-corrected chi connectivity index (χ4v) is 4.72. The van der Waals surface area contributed by atoms with Crippen molar-refractivity contribution in [1.29, 1.82) is 0 Å². The number of hydrogen-bond donors (Lipinski definition) is 3. The highest BCUT2D eigenvalue weighted by atomic mass is 32.2. The summed E-state index contributed by atoms with van der Waals surface area (Å²) in [6.45, 7) is 7.71. The summed E-state index contributed by atoms with van der Waals surface area (Å²) in [5.41, 5.74) is 8.37. The topological polar surface area (TPSA) is 83.6 Å². The van der Waals surface area contributed by atoms with Crippen molar-refractivity contribution in [2.45, 2.75) is 27.3 Å². The smallest absolute Gasteiger partial charge is 0.231 e. The van der Waals surface area contributed by atoms with Crippen LogP contribution in [0.4, 0.5) is 17.5 Å². The molecule has 190 valence electrons. The summed E-state index contributed by atoms with van der Waals surface area (Å²) in [4.78, 5) is 14.9. The third-order valence-corrected chi connectivity index (χ3v) is 6.53. The third-order valence-electron chi connectivity index (χ3n) is 5.96. The maximum absolute atomic E-state index is 5.60. The van der Waals surface area contributed by atoms with Crippen molar-refractivity contribution in [3.05, 3.63) is 83.3 Å². The van der Waals surface area contributed by atoms with Gasteiger partial charge in [0.25, 0.3) is 0 Å². The summed E-state index contributed by atoms with van der Waals surface area (Å²) in [6.07, 6.45) is 0. The highest BCUT2D eigenvalue weighted by Crippen LogP contribution is 2.38. The van der Waals surface area contributed by atoms with E-state index >= 15 is 0 Å². The Hall–Kier alpha value is -3.95. The van der Waals surface area contributed by atoms with Crippen LogP contribution >= 0.6 is 11.9 Å². The van der Waals surface area contributed by atoms with Crippen molar-refractivity contribution in [2.75, 3.05) is 23.6 Å². The van der Waals surface area contributed by atoms with E-state index in [4.69, 9.17) is 19.4 Å². The Morgan fingerprint density at radius 2 is 1.78 bits per heavy atom. The zero-order chi connectivity index (χ0) is 25.6. The Balaban J connectivity index is 0.00000137. The van der Waals surface area contributed by atoms with E-state index in [2.05, 4.69) is 63.1 Å². The molecule has 37 heavy (non-hydrogen) atoms. The van der Waals surface area contributed by atoms with Crippen molar-refractivity contribution in [2.24, 2.45) is 0 Å². The molecule has 0 fully saturated rings. The monoisotopic (exact) mass is 514 g/mol. The van der Waals surface area contributed by atoms with Crippen LogP contribution in [-0.4, -0.2) is 23.3 Å². The Morgan fingerprint density at radius 3 is 2.57 bits per heavy atom. The lowest BCUT2D eigenvalue weighted by Crippen LogP contribution is -2.19. The minimum Gasteiger partial charge on any atom is -0.454 e. The van der Waals surface area contributed by atoms with Crippen LogP contribution < -0.4 is 29.9 Å². The van der Waals surface area contributed by atoms with Crippen LogP contribution in [0.5, 0.6) is 11.5 Å². The van der Waals surface area contributed by atoms with Crippen LogP contribution in [0.3, 0.4) is 0 Å². The molecule has 6 rings (SSSR count). The van der Waals surface area contributed by atoms with E-state index in [-0.39, 0.29) is 6.79 Å². The van der Waals surface area contributed by atoms with Crippen LogP contribution in [0, 0.1) is 0 Å². The Bertz CT molecular complexity index is 1410. The lowest BCUT2D eigenvalue weighted by molar-refractivity contribution is 0.174. The summed E-state index contributed by atoms with van der Waals surface area (Å²) in [7, 11) is 0. The van der Waals surface area contributed by atoms with Gasteiger partial charge in [-0.3, -0.25) is 0 Å². The molecular formula is C28H30N6O2S. The summed E-state index contributed by atoms with van der Waals surface area (Å²) in [5, 5.41) is 6.46. The molecule has 4 aromatic rings. The van der Waals surface area contributed by atoms with Gasteiger partial charge in [0.1, 0.15) is 5.82 Å². The molecule has 3 aromatic carbocycles. The zero-order valence-electron chi connectivity index (χ0n) is 21.1. The number of aromatic nitrogens is 2. The van der Waals surface area contributed by atoms with Crippen molar-refractivity contribution in [1.82, 2.24) is 20.2 Å². The number of hydrazine groups is 1. The van der Waals surface area contributed by atoms with Gasteiger partial charge in [-0.15, -0.1) is 0 Å². The van der Waals surface area contributed by atoms with E-state index in [0.717, 1.165) is 57.3 Å². The molecule has 2 aliphatic heterocycles. The number of benzene rings is 3. The third kappa shape index (κ3) is 5.28. The highest BCUT2D eigenvalue weighted by molar-refractivity contribution is 8.00. The van der Waals surface area contributed by atoms with Crippen molar-refractivity contribution in [3.8, 4) is 11.5 Å². The predicted octanol–water partition coefficient (Wildman–Crippen LogP) is 6.21. The molecule has 9 heteroatoms. The Kier molecular flexibility index (Phi) is 7.62. The van der Waals surface area contributed by atoms with E-state index in [9.17, 15) is 0 Å². The molecule has 0 saturated carbocycles. The van der Waals surface area contributed by atoms with Gasteiger partial charge >= 0.3 is 0 Å². The lowest BCUT2D eigenvalue weighted by atomic mass is 10.1. The van der Waals surface area contributed by atoms with Crippen LogP contribution in [0.15, 0.2) is 72.1 Å². The second kappa shape index (κ2) is 11.4. The van der Waals surface area contributed by atoms with E-state index in [1.54, 1.807) is 0 Å². The SMILES string of the molecule is CC.CCN(c1ccc2c(c1)OCO2)c1nc(NCc2ccc(C3=CSNN3)cc2)nc2ccccc12. The molecule has 3 heterocycles. The van der Waals surface area contributed by atoms with Gasteiger partial charge in [-0.1, -0.05) is 50.2 Å². The van der Waals surface area contributed by atoms with E-state index in [1.807, 2.05) is 50.2 Å². The molecule has 0 amide bonds. The molecule has 0 unspecified atom stereocenters. The minimum absolute atomic E-state index is 0.250. The van der Waals surface area contributed by atoms with Gasteiger partial charge in [0, 0.05) is 35.6 Å². The second-order valence-corrected chi connectivity index (χ2v) is 8.77. The van der Waals surface area contributed by atoms with Gasteiger partial charge in [-0.25, -0.2) is 4.98 Å². The normalized spacial score (nSPS) is 13.4. The quantitative estimate of drug-likeness (QED) is 0.249. The van der Waals surface area contributed by atoms with Crippen LogP contribution in [0.2, 0.25) is 0 Å². The highest BCUT2D eigenvalue weighted by Gasteiger charge is 2.19. The summed E-state index contributed by atoms with van der Waals surface area (Å²) < 4.78 is 11.1. The number of hydrogen-bond acceptors (Lipinski definition) is 9. The molecule has 8 nitrogen and oxygen atoms in total. The number of nitrogens with one attached hydrogen (secondary N) is 3. The van der Waals surface area contributed by atoms with Crippen LogP contribution in [-0.2, 0) is 6.54 Å². The molecule has 0 bridgehead atoms. The van der Waals surface area contributed by atoms with Gasteiger partial charge < -0.3 is 25.1 Å². The number of rotatable bonds is 7. The molecule has 3 N–H and O–H groups in total. The van der Waals surface area contributed by atoms with Crippen molar-refractivity contribution < 1.29 is 9.47 Å². The average Bonchev–Trinajstić information content (AvgIpc) is 3.66. The van der Waals surface area contributed by atoms with Crippen LogP contribution in [0.25, 0.3) is 16.6 Å². The molecule has 0 aliphatic carbocycles. The van der Waals surface area contributed by atoms with E-state index in [0.29, 0.717) is 12.5 Å². The first-order valence-corrected chi connectivity index (χ1v) is 13.3. The van der Waals surface area contributed by atoms with E-state index < -0.39 is 0 Å². The number of para-hydroxylation sites is 1. The fourth-order valence-electron chi connectivity index (χ4n) is 4.18. The fraction of sp³-hybridized carbons (Fsp3) is 0.214. The Labute approximate surface area is 221 Å². The standard InChI is InChI=1S/C26H24N6O2S.C2H6/c1-2-32(19-11-12-23-24(13-19)34-16-33-23)25-20-5-3-4-6-21(20)28-26(29-25)27-14-17-7-9-18(10-8-17)22-15-35-31-30-22;1-2/h3-13,15,30-31H,2,14,16H2,1H3,(H,27,28,29);1-2H3. The number of fused-ring (bicyclic) bond motifs is 2. The lowest BCUT2D eigenvalue weighted by Gasteiger charge is -2.24. The summed E-state index contributed by atoms with van der Waals surface area (Å²) >= 11 is 1.53. The van der Waals surface area contributed by atoms with E-state index in [1.165, 1.54) is 11.9 Å². The zero-order valence-corrected chi connectivity index (χ0v) is 21.9. The number of nitrogens with zero attached hydrogens (tertiary/aromatic N) is 3. The second-order valence-electron chi connectivity index (χ2n) is 8.10. The van der Waals surface area contributed by atoms with Gasteiger partial charge in [-0.05, 0) is 54.3 Å². The molecular weight excluding hydrogens is 484 g/mol. The first-order chi connectivity index (χ1) is 18.3. The van der Waals surface area contributed by atoms with Gasteiger partial charge in [0.15, 0.2) is 11.5 Å². The molecule has 0 atom stereocenters. The maximum Gasteiger partial charge on any atom is 0.231 e. The molecule has 2 aliphatic rings. The first kappa shape index (κ1) is 24.7. The number of ether oxygens (including phenoxy) is 2. The summed E-state index contributed by atoms with van der Waals surface area (Å²) in [5.74, 6) is 2.95. The molecule has 0 spiro atoms. The Morgan fingerprint density at radius 1 is 0.973 bits per heavy atom. The minimum atomic E-state index is 0.250. The predicted molar refractivity (Wildman–Crippen MR) is 152 cm³/mol. The first-order valence-electron chi connectivity index (χ1n) is 12.4. The van der Waals surface area contributed by atoms with Gasteiger partial charge in [0.05, 0.1) is 11.2 Å². The summed E-state index contributed by atoms with van der Waals surface area (Å²) in [6, 6.07) is 22.5. The molecule has 0 radical (unpaired) electrons. The average molecular weight is 515 g/mol. The number of anilines is 3.